The maximum atomic E-state index is 5.47. The van der Waals surface area contributed by atoms with Crippen LogP contribution in [0.2, 0.25) is 0 Å². The number of aromatic nitrogens is 4. The van der Waals surface area contributed by atoms with Gasteiger partial charge >= 0.3 is 0 Å². The lowest BCUT2D eigenvalue weighted by molar-refractivity contribution is 0.0683. The molecule has 3 aromatic rings. The molecule has 2 aromatic heterocycles. The van der Waals surface area contributed by atoms with Gasteiger partial charge in [0.25, 0.3) is 0 Å². The predicted molar refractivity (Wildman–Crippen MR) is 112 cm³/mol. The minimum Gasteiger partial charge on any atom is -0.371 e. The van der Waals surface area contributed by atoms with Crippen molar-refractivity contribution < 1.29 is 9.26 Å². The lowest BCUT2D eigenvalue weighted by Gasteiger charge is -2.11. The zero-order chi connectivity index (χ0) is 20.6. The lowest BCUT2D eigenvalue weighted by atomic mass is 10.3. The van der Waals surface area contributed by atoms with Crippen LogP contribution in [0.1, 0.15) is 43.9 Å². The molecule has 1 atom stereocenters. The van der Waals surface area contributed by atoms with Gasteiger partial charge in [0.1, 0.15) is 11.9 Å². The molecule has 9 nitrogen and oxygen atoms in total. The molecular formula is C20H29N7O2. The number of aryl methyl sites for hydroxylation is 2. The number of para-hydroxylation sites is 2. The summed E-state index contributed by atoms with van der Waals surface area (Å²) >= 11 is 0. The highest BCUT2D eigenvalue weighted by atomic mass is 16.5. The number of guanidine groups is 1. The van der Waals surface area contributed by atoms with Crippen molar-refractivity contribution in [2.75, 3.05) is 20.2 Å². The first kappa shape index (κ1) is 20.8. The second-order valence-corrected chi connectivity index (χ2v) is 6.65. The number of hydrogen-bond acceptors (Lipinski definition) is 6. The van der Waals surface area contributed by atoms with Gasteiger partial charge in [0, 0.05) is 26.7 Å². The Morgan fingerprint density at radius 2 is 2.10 bits per heavy atom. The molecule has 1 aromatic carbocycles. The summed E-state index contributed by atoms with van der Waals surface area (Å²) in [6.45, 7) is 8.55. The van der Waals surface area contributed by atoms with Crippen molar-refractivity contribution in [3.63, 3.8) is 0 Å². The molecule has 0 aliphatic heterocycles. The van der Waals surface area contributed by atoms with Gasteiger partial charge in [-0.15, -0.1) is 0 Å². The molecule has 0 radical (unpaired) electrons. The monoisotopic (exact) mass is 399 g/mol. The molecule has 0 saturated heterocycles. The highest BCUT2D eigenvalue weighted by Crippen LogP contribution is 2.15. The first-order chi connectivity index (χ1) is 14.1. The van der Waals surface area contributed by atoms with Gasteiger partial charge in [-0.3, -0.25) is 4.99 Å². The van der Waals surface area contributed by atoms with E-state index < -0.39 is 0 Å². The average Bonchev–Trinajstić information content (AvgIpc) is 3.32. The van der Waals surface area contributed by atoms with Crippen LogP contribution in [0.15, 0.2) is 33.8 Å². The lowest BCUT2D eigenvalue weighted by Crippen LogP contribution is -2.37. The summed E-state index contributed by atoms with van der Waals surface area (Å²) in [7, 11) is 1.74. The van der Waals surface area contributed by atoms with E-state index in [0.717, 1.165) is 30.9 Å². The second kappa shape index (κ2) is 10.0. The maximum absolute atomic E-state index is 5.47. The third-order valence-electron chi connectivity index (χ3n) is 4.59. The van der Waals surface area contributed by atoms with Gasteiger partial charge in [0.05, 0.1) is 17.6 Å². The largest absolute Gasteiger partial charge is 0.371 e. The van der Waals surface area contributed by atoms with Crippen molar-refractivity contribution >= 4 is 17.0 Å². The van der Waals surface area contributed by atoms with Gasteiger partial charge in [0.15, 0.2) is 11.8 Å². The minimum absolute atomic E-state index is 0.183. The molecule has 0 aliphatic rings. The zero-order valence-corrected chi connectivity index (χ0v) is 17.5. The van der Waals surface area contributed by atoms with Crippen molar-refractivity contribution in [2.24, 2.45) is 4.99 Å². The summed E-state index contributed by atoms with van der Waals surface area (Å²) in [6, 6.07) is 8.21. The molecule has 0 fully saturated rings. The Morgan fingerprint density at radius 1 is 1.28 bits per heavy atom. The third kappa shape index (κ3) is 5.32. The van der Waals surface area contributed by atoms with Crippen molar-refractivity contribution in [1.82, 2.24) is 30.3 Å². The quantitative estimate of drug-likeness (QED) is 0.324. The molecule has 2 N–H and O–H groups in total. The Hall–Kier alpha value is -2.94. The van der Waals surface area contributed by atoms with E-state index in [1.165, 1.54) is 5.52 Å². The van der Waals surface area contributed by atoms with Crippen LogP contribution < -0.4 is 10.6 Å². The summed E-state index contributed by atoms with van der Waals surface area (Å²) in [5.41, 5.74) is 2.20. The van der Waals surface area contributed by atoms with Crippen LogP contribution in [-0.4, -0.2) is 45.9 Å². The van der Waals surface area contributed by atoms with Crippen molar-refractivity contribution in [1.29, 1.82) is 0 Å². The number of rotatable bonds is 9. The number of benzene rings is 1. The summed E-state index contributed by atoms with van der Waals surface area (Å²) in [5, 5.41) is 10.5. The van der Waals surface area contributed by atoms with Crippen LogP contribution in [0.25, 0.3) is 11.0 Å². The van der Waals surface area contributed by atoms with E-state index in [9.17, 15) is 0 Å². The van der Waals surface area contributed by atoms with E-state index in [1.54, 1.807) is 7.05 Å². The highest BCUT2D eigenvalue weighted by molar-refractivity contribution is 5.79. The third-order valence-corrected chi connectivity index (χ3v) is 4.59. The number of nitrogens with zero attached hydrogens (tertiary/aromatic N) is 5. The van der Waals surface area contributed by atoms with E-state index in [-0.39, 0.29) is 6.10 Å². The highest BCUT2D eigenvalue weighted by Gasteiger charge is 2.14. The number of ether oxygens (including phenoxy) is 1. The van der Waals surface area contributed by atoms with Crippen molar-refractivity contribution in [3.8, 4) is 0 Å². The summed E-state index contributed by atoms with van der Waals surface area (Å²) in [5.74, 6) is 2.77. The first-order valence-electron chi connectivity index (χ1n) is 9.92. The molecule has 0 saturated carbocycles. The van der Waals surface area contributed by atoms with Crippen LogP contribution in [0.5, 0.6) is 0 Å². The maximum Gasteiger partial charge on any atom is 0.246 e. The van der Waals surface area contributed by atoms with Crippen LogP contribution in [0.3, 0.4) is 0 Å². The predicted octanol–water partition coefficient (Wildman–Crippen LogP) is 2.58. The van der Waals surface area contributed by atoms with E-state index in [0.29, 0.717) is 30.8 Å². The second-order valence-electron chi connectivity index (χ2n) is 6.65. The van der Waals surface area contributed by atoms with Gasteiger partial charge in [-0.1, -0.05) is 17.3 Å². The van der Waals surface area contributed by atoms with Gasteiger partial charge in [-0.25, -0.2) is 4.98 Å². The number of nitrogens with one attached hydrogen (secondary N) is 2. The first-order valence-corrected chi connectivity index (χ1v) is 9.92. The Morgan fingerprint density at radius 3 is 2.90 bits per heavy atom. The van der Waals surface area contributed by atoms with Crippen molar-refractivity contribution in [2.45, 2.75) is 46.4 Å². The topological polar surface area (TPSA) is 102 Å². The van der Waals surface area contributed by atoms with Gasteiger partial charge in [0.2, 0.25) is 5.89 Å². The molecule has 3 rings (SSSR count). The molecule has 1 unspecified atom stereocenters. The Bertz CT molecular complexity index is 947. The Kier molecular flexibility index (Phi) is 7.18. The molecule has 9 heteroatoms. The molecule has 29 heavy (non-hydrogen) atoms. The van der Waals surface area contributed by atoms with E-state index >= 15 is 0 Å². The molecule has 0 amide bonds. The van der Waals surface area contributed by atoms with Crippen LogP contribution in [0.4, 0.5) is 0 Å². The van der Waals surface area contributed by atoms with Crippen LogP contribution >= 0.6 is 0 Å². The van der Waals surface area contributed by atoms with Crippen LogP contribution in [-0.2, 0) is 17.8 Å². The SMILES string of the molecule is CCOC(C)c1noc(CNC(=NC)NCCCn2c(C)nc3ccccc32)n1. The smallest absolute Gasteiger partial charge is 0.246 e. The van der Waals surface area contributed by atoms with E-state index in [1.807, 2.05) is 39.0 Å². The molecule has 0 bridgehead atoms. The molecular weight excluding hydrogens is 370 g/mol. The van der Waals surface area contributed by atoms with E-state index in [4.69, 9.17) is 9.26 Å². The number of imidazole rings is 1. The van der Waals surface area contributed by atoms with E-state index in [2.05, 4.69) is 41.4 Å². The zero-order valence-electron chi connectivity index (χ0n) is 17.5. The fourth-order valence-electron chi connectivity index (χ4n) is 3.13. The standard InChI is InChI=1S/C20H29N7O2/c1-5-28-14(2)19-25-18(29-26-19)13-23-20(21-4)22-11-8-12-27-15(3)24-16-9-6-7-10-17(16)27/h6-7,9-10,14H,5,8,11-13H2,1-4H3,(H2,21,22,23). The number of aliphatic imine (C=N–C) groups is 1. The summed E-state index contributed by atoms with van der Waals surface area (Å²) < 4.78 is 13.0. The molecule has 156 valence electrons. The van der Waals surface area contributed by atoms with Gasteiger partial charge in [-0.2, -0.15) is 4.98 Å². The van der Waals surface area contributed by atoms with Crippen molar-refractivity contribution in [3.05, 3.63) is 41.8 Å². The van der Waals surface area contributed by atoms with Gasteiger partial charge < -0.3 is 24.5 Å². The van der Waals surface area contributed by atoms with Crippen LogP contribution in [0, 0.1) is 6.92 Å². The number of fused-ring (bicyclic) bond motifs is 1. The molecule has 0 aliphatic carbocycles. The average molecular weight is 399 g/mol. The summed E-state index contributed by atoms with van der Waals surface area (Å²) in [4.78, 5) is 13.2. The molecule has 0 spiro atoms. The number of hydrogen-bond donors (Lipinski definition) is 2. The Labute approximate surface area is 170 Å². The minimum atomic E-state index is -0.183. The normalized spacial score (nSPS) is 13.0. The fraction of sp³-hybridized carbons (Fsp3) is 0.500. The van der Waals surface area contributed by atoms with Gasteiger partial charge in [-0.05, 0) is 39.3 Å². The summed E-state index contributed by atoms with van der Waals surface area (Å²) in [6.07, 6.45) is 0.760. The Balaban J connectivity index is 1.44. The molecule has 2 heterocycles. The fourth-order valence-corrected chi connectivity index (χ4v) is 3.13.